The molecule has 19 heavy (non-hydrogen) atoms. The molecule has 5 nitrogen and oxygen atoms in total. The predicted octanol–water partition coefficient (Wildman–Crippen LogP) is 0.620. The molecule has 0 aromatic carbocycles. The highest BCUT2D eigenvalue weighted by molar-refractivity contribution is 5.78. The number of hydrogen-bond donors (Lipinski definition) is 2. The Hall–Kier alpha value is -0.650. The second kappa shape index (κ2) is 7.22. The molecule has 112 valence electrons. The first-order valence-corrected chi connectivity index (χ1v) is 7.12. The Balaban J connectivity index is 2.59. The summed E-state index contributed by atoms with van der Waals surface area (Å²) in [4.78, 5) is 13.7. The summed E-state index contributed by atoms with van der Waals surface area (Å²) in [6, 6.07) is 0.290. The monoisotopic (exact) mass is 272 g/mol. The molecule has 0 spiro atoms. The van der Waals surface area contributed by atoms with E-state index in [1.54, 1.807) is 0 Å². The highest BCUT2D eigenvalue weighted by Gasteiger charge is 2.35. The smallest absolute Gasteiger partial charge is 0.338 e. The minimum atomic E-state index is -1.44. The Labute approximate surface area is 116 Å². The fourth-order valence-electron chi connectivity index (χ4n) is 2.55. The van der Waals surface area contributed by atoms with Gasteiger partial charge in [0.05, 0.1) is 7.11 Å². The molecule has 0 radical (unpaired) electrons. The van der Waals surface area contributed by atoms with Crippen LogP contribution in [0.25, 0.3) is 0 Å². The van der Waals surface area contributed by atoms with Gasteiger partial charge in [0, 0.05) is 19.1 Å². The third-order valence-corrected chi connectivity index (χ3v) is 3.76. The normalized spacial score (nSPS) is 23.4. The number of methoxy groups -OCH3 is 1. The van der Waals surface area contributed by atoms with Crippen molar-refractivity contribution in [3.05, 3.63) is 0 Å². The molecule has 0 aliphatic carbocycles. The zero-order valence-corrected chi connectivity index (χ0v) is 12.6. The maximum atomic E-state index is 11.6. The highest BCUT2D eigenvalue weighted by atomic mass is 16.5. The molecule has 0 amide bonds. The Morgan fingerprint density at radius 3 is 2.74 bits per heavy atom. The first-order valence-electron chi connectivity index (χ1n) is 7.12. The number of aliphatic hydroxyl groups is 1. The number of ether oxygens (including phenoxy) is 1. The first-order chi connectivity index (χ1) is 8.86. The number of hydrogen-bond acceptors (Lipinski definition) is 5. The lowest BCUT2D eigenvalue weighted by atomic mass is 9.97. The molecule has 1 aliphatic rings. The van der Waals surface area contributed by atoms with Crippen molar-refractivity contribution in [3.8, 4) is 0 Å². The zero-order chi connectivity index (χ0) is 14.5. The number of nitrogens with one attached hydrogen (secondary N) is 1. The molecule has 2 unspecified atom stereocenters. The Bertz CT molecular complexity index is 286. The molecule has 0 aromatic rings. The summed E-state index contributed by atoms with van der Waals surface area (Å²) < 4.78 is 4.66. The van der Waals surface area contributed by atoms with Crippen molar-refractivity contribution in [2.75, 3.05) is 33.3 Å². The van der Waals surface area contributed by atoms with Crippen LogP contribution in [0.15, 0.2) is 0 Å². The number of carbonyl (C=O) groups is 1. The molecule has 5 heteroatoms. The lowest BCUT2D eigenvalue weighted by Crippen LogP contribution is -2.51. The molecule has 0 bridgehead atoms. The number of rotatable bonds is 6. The van der Waals surface area contributed by atoms with Gasteiger partial charge in [-0.25, -0.2) is 4.79 Å². The molecule has 2 N–H and O–H groups in total. The SMILES string of the molecule is COC(=O)C(C)(O)CN(CC1CCCNC1)C(C)C. The number of esters is 1. The van der Waals surface area contributed by atoms with Crippen molar-refractivity contribution in [1.29, 1.82) is 0 Å². The van der Waals surface area contributed by atoms with Crippen LogP contribution in [-0.2, 0) is 9.53 Å². The lowest BCUT2D eigenvalue weighted by Gasteiger charge is -2.36. The molecule has 1 saturated heterocycles. The van der Waals surface area contributed by atoms with Crippen LogP contribution in [0.3, 0.4) is 0 Å². The second-order valence-electron chi connectivity index (χ2n) is 6.00. The van der Waals surface area contributed by atoms with Crippen molar-refractivity contribution in [3.63, 3.8) is 0 Å². The summed E-state index contributed by atoms with van der Waals surface area (Å²) in [6.07, 6.45) is 2.40. The third kappa shape index (κ3) is 5.09. The van der Waals surface area contributed by atoms with Gasteiger partial charge in [0.2, 0.25) is 0 Å². The van der Waals surface area contributed by atoms with E-state index in [1.807, 2.05) is 0 Å². The van der Waals surface area contributed by atoms with Crippen molar-refractivity contribution in [1.82, 2.24) is 10.2 Å². The molecule has 1 rings (SSSR count). The predicted molar refractivity (Wildman–Crippen MR) is 74.9 cm³/mol. The van der Waals surface area contributed by atoms with Crippen LogP contribution in [0.4, 0.5) is 0 Å². The van der Waals surface area contributed by atoms with Crippen LogP contribution < -0.4 is 5.32 Å². The van der Waals surface area contributed by atoms with Crippen molar-refractivity contribution >= 4 is 5.97 Å². The van der Waals surface area contributed by atoms with Gasteiger partial charge in [0.1, 0.15) is 0 Å². The molecular formula is C14H28N2O3. The van der Waals surface area contributed by atoms with Gasteiger partial charge in [-0.2, -0.15) is 0 Å². The molecule has 2 atom stereocenters. The van der Waals surface area contributed by atoms with Gasteiger partial charge in [0.25, 0.3) is 0 Å². The highest BCUT2D eigenvalue weighted by Crippen LogP contribution is 2.17. The molecule has 0 aromatic heterocycles. The van der Waals surface area contributed by atoms with Crippen molar-refractivity contribution in [2.45, 2.75) is 45.3 Å². The van der Waals surface area contributed by atoms with E-state index in [2.05, 4.69) is 28.8 Å². The average molecular weight is 272 g/mol. The van der Waals surface area contributed by atoms with Crippen molar-refractivity contribution in [2.24, 2.45) is 5.92 Å². The van der Waals surface area contributed by atoms with E-state index in [0.717, 1.165) is 19.6 Å². The summed E-state index contributed by atoms with van der Waals surface area (Å²) >= 11 is 0. The van der Waals surface area contributed by atoms with Crippen LogP contribution in [0.2, 0.25) is 0 Å². The Morgan fingerprint density at radius 2 is 2.26 bits per heavy atom. The van der Waals surface area contributed by atoms with E-state index in [-0.39, 0.29) is 6.04 Å². The fourth-order valence-corrected chi connectivity index (χ4v) is 2.55. The minimum Gasteiger partial charge on any atom is -0.467 e. The van der Waals surface area contributed by atoms with Crippen LogP contribution in [0.1, 0.15) is 33.6 Å². The maximum absolute atomic E-state index is 11.6. The van der Waals surface area contributed by atoms with Gasteiger partial charge in [0.15, 0.2) is 5.60 Å². The van der Waals surface area contributed by atoms with E-state index >= 15 is 0 Å². The van der Waals surface area contributed by atoms with Crippen LogP contribution >= 0.6 is 0 Å². The minimum absolute atomic E-state index is 0.290. The maximum Gasteiger partial charge on any atom is 0.338 e. The lowest BCUT2D eigenvalue weighted by molar-refractivity contribution is -0.162. The number of nitrogens with zero attached hydrogens (tertiary/aromatic N) is 1. The van der Waals surface area contributed by atoms with Gasteiger partial charge in [-0.1, -0.05) is 0 Å². The van der Waals surface area contributed by atoms with Gasteiger partial charge in [-0.05, 0) is 52.6 Å². The second-order valence-corrected chi connectivity index (χ2v) is 6.00. The quantitative estimate of drug-likeness (QED) is 0.694. The van der Waals surface area contributed by atoms with Crippen LogP contribution in [-0.4, -0.2) is 60.9 Å². The van der Waals surface area contributed by atoms with Gasteiger partial charge >= 0.3 is 5.97 Å². The van der Waals surface area contributed by atoms with E-state index in [0.29, 0.717) is 12.5 Å². The fraction of sp³-hybridized carbons (Fsp3) is 0.929. The molecular weight excluding hydrogens is 244 g/mol. The van der Waals surface area contributed by atoms with Gasteiger partial charge < -0.3 is 15.2 Å². The van der Waals surface area contributed by atoms with Crippen molar-refractivity contribution < 1.29 is 14.6 Å². The standard InChI is InChI=1S/C14H28N2O3/c1-11(2)16(9-12-6-5-7-15-8-12)10-14(3,18)13(17)19-4/h11-12,15,18H,5-10H2,1-4H3. The first kappa shape index (κ1) is 16.4. The molecule has 1 fully saturated rings. The summed E-state index contributed by atoms with van der Waals surface area (Å²) in [7, 11) is 1.31. The Morgan fingerprint density at radius 1 is 1.58 bits per heavy atom. The average Bonchev–Trinajstić information content (AvgIpc) is 2.37. The number of carbonyl (C=O) groups excluding carboxylic acids is 1. The van der Waals surface area contributed by atoms with E-state index in [4.69, 9.17) is 0 Å². The third-order valence-electron chi connectivity index (χ3n) is 3.76. The largest absolute Gasteiger partial charge is 0.467 e. The Kier molecular flexibility index (Phi) is 6.23. The van der Waals surface area contributed by atoms with E-state index < -0.39 is 11.6 Å². The molecule has 1 heterocycles. The van der Waals surface area contributed by atoms with E-state index in [1.165, 1.54) is 26.9 Å². The molecule has 1 aliphatic heterocycles. The summed E-state index contributed by atoms with van der Waals surface area (Å²) in [5, 5.41) is 13.6. The summed E-state index contributed by atoms with van der Waals surface area (Å²) in [5.74, 6) is 0.0181. The number of piperidine rings is 1. The molecule has 0 saturated carbocycles. The van der Waals surface area contributed by atoms with Gasteiger partial charge in [-0.15, -0.1) is 0 Å². The van der Waals surface area contributed by atoms with Crippen LogP contribution in [0, 0.1) is 5.92 Å². The summed E-state index contributed by atoms with van der Waals surface area (Å²) in [5.41, 5.74) is -1.44. The summed E-state index contributed by atoms with van der Waals surface area (Å²) in [6.45, 7) is 9.02. The van der Waals surface area contributed by atoms with E-state index in [9.17, 15) is 9.90 Å². The zero-order valence-electron chi connectivity index (χ0n) is 12.6. The van der Waals surface area contributed by atoms with Gasteiger partial charge in [-0.3, -0.25) is 4.90 Å². The topological polar surface area (TPSA) is 61.8 Å². The van der Waals surface area contributed by atoms with Crippen LogP contribution in [0.5, 0.6) is 0 Å².